The molecule has 9 heteroatoms. The molecule has 1 fully saturated rings. The zero-order valence-electron chi connectivity index (χ0n) is 11.6. The first-order chi connectivity index (χ1) is 10.4. The van der Waals surface area contributed by atoms with E-state index in [1.807, 2.05) is 0 Å². The van der Waals surface area contributed by atoms with Gasteiger partial charge in [0.15, 0.2) is 16.7 Å². The van der Waals surface area contributed by atoms with Crippen LogP contribution in [0.1, 0.15) is 13.2 Å². The van der Waals surface area contributed by atoms with Crippen LogP contribution >= 0.6 is 11.6 Å². The maximum absolute atomic E-state index is 10.3. The second-order valence-corrected chi connectivity index (χ2v) is 5.77. The van der Waals surface area contributed by atoms with Gasteiger partial charge in [-0.15, -0.1) is 6.42 Å². The van der Waals surface area contributed by atoms with Crippen LogP contribution in [0.2, 0.25) is 0 Å². The fraction of sp³-hybridized carbons (Fsp3) is 0.462. The molecule has 0 bridgehead atoms. The van der Waals surface area contributed by atoms with Crippen LogP contribution in [-0.2, 0) is 4.74 Å². The first-order valence-corrected chi connectivity index (χ1v) is 6.89. The average molecular weight is 324 g/mol. The molecule has 0 spiro atoms. The predicted octanol–water partition coefficient (Wildman–Crippen LogP) is -0.342. The number of hydrogen-bond acceptors (Lipinski definition) is 7. The molecule has 2 aromatic heterocycles. The lowest BCUT2D eigenvalue weighted by atomic mass is 9.97. The normalized spacial score (nSPS) is 33.0. The van der Waals surface area contributed by atoms with E-state index < -0.39 is 29.4 Å². The summed E-state index contributed by atoms with van der Waals surface area (Å²) in [5.41, 5.74) is 6.43. The molecule has 3 heterocycles. The van der Waals surface area contributed by atoms with Crippen molar-refractivity contribution in [2.45, 2.75) is 36.3 Å². The van der Waals surface area contributed by atoms with Gasteiger partial charge in [0, 0.05) is 0 Å². The second-order valence-electron chi connectivity index (χ2n) is 5.14. The number of halogens is 1. The molecular weight excluding hydrogens is 310 g/mol. The summed E-state index contributed by atoms with van der Waals surface area (Å²) in [6.07, 6.45) is 4.26. The van der Waals surface area contributed by atoms with Crippen molar-refractivity contribution in [2.24, 2.45) is 0 Å². The Morgan fingerprint density at radius 3 is 2.95 bits per heavy atom. The molecule has 0 aliphatic carbocycles. The zero-order chi connectivity index (χ0) is 16.1. The Balaban J connectivity index is 2.13. The van der Waals surface area contributed by atoms with Crippen LogP contribution in [0.25, 0.3) is 11.2 Å². The molecule has 4 N–H and O–H groups in total. The number of fused-ring (bicyclic) bond motifs is 1. The van der Waals surface area contributed by atoms with Crippen LogP contribution < -0.4 is 5.73 Å². The Labute approximate surface area is 130 Å². The van der Waals surface area contributed by atoms with Crippen molar-refractivity contribution >= 4 is 28.7 Å². The molecule has 1 saturated heterocycles. The molecule has 1 aliphatic rings. The average Bonchev–Trinajstić information content (AvgIpc) is 2.99. The van der Waals surface area contributed by atoms with E-state index in [2.05, 4.69) is 20.9 Å². The molecule has 1 aliphatic heterocycles. The number of rotatable bonds is 2. The van der Waals surface area contributed by atoms with Gasteiger partial charge in [-0.05, 0) is 6.92 Å². The molecule has 8 nitrogen and oxygen atoms in total. The van der Waals surface area contributed by atoms with Crippen molar-refractivity contribution in [3.05, 3.63) is 12.5 Å². The number of alkyl halides is 1. The van der Waals surface area contributed by atoms with Crippen molar-refractivity contribution in [1.29, 1.82) is 0 Å². The summed E-state index contributed by atoms with van der Waals surface area (Å²) in [4.78, 5) is 10.5. The maximum atomic E-state index is 10.3. The third-order valence-electron chi connectivity index (χ3n) is 3.67. The summed E-state index contributed by atoms with van der Waals surface area (Å²) in [5, 5.41) is 20.1. The SMILES string of the molecule is C#CC1(Cl)[C@@H](O)[C@@H]([C@H](C)O)O[C@H]1n1cnc2cnc(N)nc21. The lowest BCUT2D eigenvalue weighted by Gasteiger charge is -2.25. The summed E-state index contributed by atoms with van der Waals surface area (Å²) in [6.45, 7) is 1.48. The van der Waals surface area contributed by atoms with Crippen molar-refractivity contribution in [2.75, 3.05) is 5.73 Å². The maximum Gasteiger partial charge on any atom is 0.222 e. The molecule has 0 radical (unpaired) electrons. The molecule has 0 saturated carbocycles. The number of aliphatic hydroxyl groups is 2. The van der Waals surface area contributed by atoms with E-state index in [4.69, 9.17) is 28.5 Å². The number of anilines is 1. The van der Waals surface area contributed by atoms with E-state index in [-0.39, 0.29) is 5.95 Å². The minimum Gasteiger partial charge on any atom is -0.391 e. The van der Waals surface area contributed by atoms with Gasteiger partial charge in [-0.2, -0.15) is 4.98 Å². The highest BCUT2D eigenvalue weighted by atomic mass is 35.5. The van der Waals surface area contributed by atoms with Gasteiger partial charge in [-0.25, -0.2) is 9.97 Å². The van der Waals surface area contributed by atoms with Crippen molar-refractivity contribution in [3.63, 3.8) is 0 Å². The highest BCUT2D eigenvalue weighted by molar-refractivity contribution is 6.27. The van der Waals surface area contributed by atoms with Gasteiger partial charge in [-0.3, -0.25) is 4.57 Å². The van der Waals surface area contributed by atoms with Gasteiger partial charge in [0.2, 0.25) is 5.95 Å². The van der Waals surface area contributed by atoms with Crippen LogP contribution in [0.15, 0.2) is 12.5 Å². The monoisotopic (exact) mass is 323 g/mol. The zero-order valence-corrected chi connectivity index (χ0v) is 12.3. The lowest BCUT2D eigenvalue weighted by molar-refractivity contribution is -0.0752. The molecular formula is C13H14ClN5O3. The summed E-state index contributed by atoms with van der Waals surface area (Å²) in [6, 6.07) is 0. The molecule has 1 unspecified atom stereocenters. The molecule has 0 amide bonds. The quantitative estimate of drug-likeness (QED) is 0.511. The Kier molecular flexibility index (Phi) is 3.45. The summed E-state index contributed by atoms with van der Waals surface area (Å²) in [5.74, 6) is 2.40. The minimum absolute atomic E-state index is 0.0563. The number of nitrogen functional groups attached to an aromatic ring is 1. The highest BCUT2D eigenvalue weighted by Gasteiger charge is 2.57. The molecule has 116 valence electrons. The number of nitrogens with two attached hydrogens (primary N) is 1. The Hall–Kier alpha value is -1.92. The van der Waals surface area contributed by atoms with Crippen molar-refractivity contribution < 1.29 is 14.9 Å². The standard InChI is InChI=1S/C13H14ClN5O3/c1-3-13(14)9(21)8(6(2)20)22-11(13)19-5-17-7-4-16-12(15)18-10(7)19/h1,4-6,8-9,11,20-21H,2H3,(H2,15,16,18)/t6-,8+,9-,11+,13?/m0/s1. The van der Waals surface area contributed by atoms with Crippen LogP contribution in [0, 0.1) is 12.3 Å². The van der Waals surface area contributed by atoms with Gasteiger partial charge in [-0.1, -0.05) is 17.5 Å². The molecule has 2 aromatic rings. The number of nitrogens with zero attached hydrogens (tertiary/aromatic N) is 4. The van der Waals surface area contributed by atoms with Gasteiger partial charge in [0.25, 0.3) is 0 Å². The van der Waals surface area contributed by atoms with E-state index in [0.29, 0.717) is 11.2 Å². The Morgan fingerprint density at radius 2 is 2.32 bits per heavy atom. The Morgan fingerprint density at radius 1 is 1.59 bits per heavy atom. The van der Waals surface area contributed by atoms with E-state index in [1.54, 1.807) is 0 Å². The molecule has 22 heavy (non-hydrogen) atoms. The molecule has 3 rings (SSSR count). The lowest BCUT2D eigenvalue weighted by Crippen LogP contribution is -2.43. The minimum atomic E-state index is -1.57. The Bertz CT molecular complexity index is 758. The fourth-order valence-electron chi connectivity index (χ4n) is 2.52. The number of aromatic nitrogens is 4. The van der Waals surface area contributed by atoms with Gasteiger partial charge >= 0.3 is 0 Å². The third kappa shape index (κ3) is 2.02. The van der Waals surface area contributed by atoms with E-state index in [0.717, 1.165) is 0 Å². The summed E-state index contributed by atoms with van der Waals surface area (Å²) < 4.78 is 7.16. The first kappa shape index (κ1) is 15.0. The second kappa shape index (κ2) is 5.07. The summed E-state index contributed by atoms with van der Waals surface area (Å²) in [7, 11) is 0. The van der Waals surface area contributed by atoms with Gasteiger partial charge in [0.05, 0.1) is 18.6 Å². The molecule has 5 atom stereocenters. The van der Waals surface area contributed by atoms with Crippen LogP contribution in [0.4, 0.5) is 5.95 Å². The fourth-order valence-corrected chi connectivity index (χ4v) is 2.80. The number of imidazole rings is 1. The topological polar surface area (TPSA) is 119 Å². The van der Waals surface area contributed by atoms with Crippen LogP contribution in [-0.4, -0.2) is 52.9 Å². The van der Waals surface area contributed by atoms with Gasteiger partial charge < -0.3 is 20.7 Å². The largest absolute Gasteiger partial charge is 0.391 e. The van der Waals surface area contributed by atoms with Crippen molar-refractivity contribution in [1.82, 2.24) is 19.5 Å². The van der Waals surface area contributed by atoms with Crippen LogP contribution in [0.3, 0.4) is 0 Å². The van der Waals surface area contributed by atoms with E-state index >= 15 is 0 Å². The highest BCUT2D eigenvalue weighted by Crippen LogP contribution is 2.44. The van der Waals surface area contributed by atoms with Crippen molar-refractivity contribution in [3.8, 4) is 12.3 Å². The predicted molar refractivity (Wildman–Crippen MR) is 78.8 cm³/mol. The number of aliphatic hydroxyl groups excluding tert-OH is 2. The first-order valence-electron chi connectivity index (χ1n) is 6.52. The number of terminal acetylenes is 1. The number of ether oxygens (including phenoxy) is 1. The van der Waals surface area contributed by atoms with Gasteiger partial charge in [0.1, 0.15) is 17.7 Å². The van der Waals surface area contributed by atoms with E-state index in [9.17, 15) is 10.2 Å². The third-order valence-corrected chi connectivity index (χ3v) is 4.19. The van der Waals surface area contributed by atoms with Crippen LogP contribution in [0.5, 0.6) is 0 Å². The summed E-state index contributed by atoms with van der Waals surface area (Å²) >= 11 is 6.40. The van der Waals surface area contributed by atoms with E-state index in [1.165, 1.54) is 24.0 Å². The molecule has 0 aromatic carbocycles. The number of hydrogen-bond donors (Lipinski definition) is 3. The smallest absolute Gasteiger partial charge is 0.222 e.